The fraction of sp³-hybridized carbons (Fsp3) is 0.417. The number of nitrogens with one attached hydrogen (secondary N) is 1. The highest BCUT2D eigenvalue weighted by atomic mass is 16.2. The molecule has 2 aromatic rings. The van der Waals surface area contributed by atoms with E-state index in [-0.39, 0.29) is 11.6 Å². The zero-order valence-corrected chi connectivity index (χ0v) is 10.9. The number of carbonyl (C=O) groups excluding carboxylic acids is 1. The number of amides is 1. The van der Waals surface area contributed by atoms with Crippen molar-refractivity contribution < 1.29 is 4.79 Å². The minimum atomic E-state index is -0.337. The van der Waals surface area contributed by atoms with E-state index in [1.54, 1.807) is 10.9 Å². The third kappa shape index (κ3) is 3.84. The van der Waals surface area contributed by atoms with Crippen molar-refractivity contribution in [1.82, 2.24) is 25.0 Å². The van der Waals surface area contributed by atoms with E-state index in [9.17, 15) is 4.79 Å². The van der Waals surface area contributed by atoms with Gasteiger partial charge in [0.1, 0.15) is 0 Å². The van der Waals surface area contributed by atoms with Gasteiger partial charge in [0.2, 0.25) is 0 Å². The van der Waals surface area contributed by atoms with Gasteiger partial charge in [-0.3, -0.25) is 14.5 Å². The second kappa shape index (κ2) is 6.03. The molecule has 2 heterocycles. The zero-order chi connectivity index (χ0) is 13.7. The van der Waals surface area contributed by atoms with Crippen LogP contribution in [0.1, 0.15) is 30.8 Å². The van der Waals surface area contributed by atoms with Crippen LogP contribution in [0, 0.1) is 5.92 Å². The topological polar surface area (TPSA) is 85.6 Å². The summed E-state index contributed by atoms with van der Waals surface area (Å²) < 4.78 is 1.67. The van der Waals surface area contributed by atoms with Crippen molar-refractivity contribution in [3.63, 3.8) is 0 Å². The van der Waals surface area contributed by atoms with Gasteiger partial charge in [0.25, 0.3) is 5.91 Å². The van der Waals surface area contributed by atoms with Crippen molar-refractivity contribution in [2.45, 2.75) is 26.8 Å². The summed E-state index contributed by atoms with van der Waals surface area (Å²) >= 11 is 0. The lowest BCUT2D eigenvalue weighted by Gasteiger charge is -2.02. The molecule has 2 aromatic heterocycles. The first kappa shape index (κ1) is 13.1. The molecule has 0 aromatic carbocycles. The molecule has 1 N–H and O–H groups in total. The molecule has 0 spiro atoms. The van der Waals surface area contributed by atoms with Gasteiger partial charge in [-0.05, 0) is 12.3 Å². The van der Waals surface area contributed by atoms with Crippen molar-refractivity contribution in [2.24, 2.45) is 5.92 Å². The lowest BCUT2D eigenvalue weighted by atomic mass is 10.1. The van der Waals surface area contributed by atoms with E-state index in [4.69, 9.17) is 0 Å². The summed E-state index contributed by atoms with van der Waals surface area (Å²) in [6, 6.07) is 0. The van der Waals surface area contributed by atoms with E-state index in [1.165, 1.54) is 18.6 Å². The summed E-state index contributed by atoms with van der Waals surface area (Å²) in [5.74, 6) is 0.640. The highest BCUT2D eigenvalue weighted by Crippen LogP contribution is 2.04. The highest BCUT2D eigenvalue weighted by molar-refractivity contribution is 6.01. The molecule has 7 heteroatoms. The molecule has 0 aliphatic carbocycles. The average molecular weight is 260 g/mol. The van der Waals surface area contributed by atoms with Gasteiger partial charge in [-0.15, -0.1) is 5.10 Å². The number of rotatable bonds is 5. The summed E-state index contributed by atoms with van der Waals surface area (Å²) in [6.07, 6.45) is 7.15. The van der Waals surface area contributed by atoms with Crippen LogP contribution in [0.2, 0.25) is 0 Å². The summed E-state index contributed by atoms with van der Waals surface area (Å²) in [4.78, 5) is 19.7. The Morgan fingerprint density at radius 3 is 2.95 bits per heavy atom. The summed E-state index contributed by atoms with van der Waals surface area (Å²) in [5, 5.41) is 10.4. The number of aromatic nitrogens is 5. The number of aryl methyl sites for hydroxylation is 1. The SMILES string of the molecule is CC(C)CCn1cc(C(=O)Nc2cnccn2)nn1. The molecule has 100 valence electrons. The molecule has 1 amide bonds. The highest BCUT2D eigenvalue weighted by Gasteiger charge is 2.11. The van der Waals surface area contributed by atoms with E-state index in [0.717, 1.165) is 13.0 Å². The predicted molar refractivity (Wildman–Crippen MR) is 69.5 cm³/mol. The lowest BCUT2D eigenvalue weighted by Crippen LogP contribution is -2.13. The number of hydrogen-bond donors (Lipinski definition) is 1. The van der Waals surface area contributed by atoms with Gasteiger partial charge in [0.05, 0.1) is 12.4 Å². The van der Waals surface area contributed by atoms with Gasteiger partial charge >= 0.3 is 0 Å². The number of nitrogens with zero attached hydrogens (tertiary/aromatic N) is 5. The van der Waals surface area contributed by atoms with Crippen molar-refractivity contribution in [2.75, 3.05) is 5.32 Å². The maximum absolute atomic E-state index is 11.9. The van der Waals surface area contributed by atoms with Gasteiger partial charge in [0, 0.05) is 18.9 Å². The van der Waals surface area contributed by atoms with Gasteiger partial charge in [-0.25, -0.2) is 4.98 Å². The summed E-state index contributed by atoms with van der Waals surface area (Å²) in [5.41, 5.74) is 0.273. The molecule has 0 unspecified atom stereocenters. The second-order valence-corrected chi connectivity index (χ2v) is 4.59. The van der Waals surface area contributed by atoms with E-state index < -0.39 is 0 Å². The minimum Gasteiger partial charge on any atom is -0.304 e. The van der Waals surface area contributed by atoms with Crippen LogP contribution < -0.4 is 5.32 Å². The molecular weight excluding hydrogens is 244 g/mol. The smallest absolute Gasteiger partial charge is 0.279 e. The van der Waals surface area contributed by atoms with Gasteiger partial charge < -0.3 is 5.32 Å². The molecule has 0 atom stereocenters. The Kier molecular flexibility index (Phi) is 4.17. The van der Waals surface area contributed by atoms with Crippen LogP contribution >= 0.6 is 0 Å². The van der Waals surface area contributed by atoms with E-state index >= 15 is 0 Å². The second-order valence-electron chi connectivity index (χ2n) is 4.59. The van der Waals surface area contributed by atoms with Crippen molar-refractivity contribution in [1.29, 1.82) is 0 Å². The van der Waals surface area contributed by atoms with Crippen molar-refractivity contribution in [3.8, 4) is 0 Å². The molecule has 7 nitrogen and oxygen atoms in total. The molecular formula is C12H16N6O. The van der Waals surface area contributed by atoms with Crippen LogP contribution in [0.25, 0.3) is 0 Å². The molecule has 0 saturated heterocycles. The minimum absolute atomic E-state index is 0.273. The molecule has 0 saturated carbocycles. The van der Waals surface area contributed by atoms with Crippen LogP contribution in [0.4, 0.5) is 5.82 Å². The van der Waals surface area contributed by atoms with Crippen LogP contribution in [-0.4, -0.2) is 30.9 Å². The number of carbonyl (C=O) groups is 1. The maximum Gasteiger partial charge on any atom is 0.279 e. The summed E-state index contributed by atoms with van der Waals surface area (Å²) in [7, 11) is 0. The van der Waals surface area contributed by atoms with E-state index in [2.05, 4.69) is 39.4 Å². The third-order valence-corrected chi connectivity index (χ3v) is 2.51. The van der Waals surface area contributed by atoms with Crippen molar-refractivity contribution >= 4 is 11.7 Å². The molecule has 2 rings (SSSR count). The lowest BCUT2D eigenvalue weighted by molar-refractivity contribution is 0.102. The molecule has 0 aliphatic heterocycles. The molecule has 0 fully saturated rings. The van der Waals surface area contributed by atoms with Crippen LogP contribution in [0.5, 0.6) is 0 Å². The largest absolute Gasteiger partial charge is 0.304 e. The normalized spacial score (nSPS) is 10.7. The Morgan fingerprint density at radius 2 is 2.26 bits per heavy atom. The fourth-order valence-corrected chi connectivity index (χ4v) is 1.45. The van der Waals surface area contributed by atoms with Gasteiger partial charge in [0.15, 0.2) is 11.5 Å². The Balaban J connectivity index is 1.96. The summed E-state index contributed by atoms with van der Waals surface area (Å²) in [6.45, 7) is 5.03. The zero-order valence-electron chi connectivity index (χ0n) is 10.9. The Bertz CT molecular complexity index is 536. The Morgan fingerprint density at radius 1 is 1.42 bits per heavy atom. The standard InChI is InChI=1S/C12H16N6O/c1-9(2)3-6-18-8-10(16-17-18)12(19)15-11-7-13-4-5-14-11/h4-5,7-9H,3,6H2,1-2H3,(H,14,15,19). The van der Waals surface area contributed by atoms with Gasteiger partial charge in [-0.1, -0.05) is 19.1 Å². The van der Waals surface area contributed by atoms with Crippen LogP contribution in [0.3, 0.4) is 0 Å². The van der Waals surface area contributed by atoms with Gasteiger partial charge in [-0.2, -0.15) is 0 Å². The Labute approximate surface area is 111 Å². The Hall–Kier alpha value is -2.31. The molecule has 19 heavy (non-hydrogen) atoms. The number of anilines is 1. The first-order valence-corrected chi connectivity index (χ1v) is 6.12. The van der Waals surface area contributed by atoms with Crippen LogP contribution in [0.15, 0.2) is 24.8 Å². The predicted octanol–water partition coefficient (Wildman–Crippen LogP) is 1.37. The molecule has 0 bridgehead atoms. The van der Waals surface area contributed by atoms with Crippen LogP contribution in [-0.2, 0) is 6.54 Å². The molecule has 0 radical (unpaired) electrons. The first-order valence-electron chi connectivity index (χ1n) is 6.12. The quantitative estimate of drug-likeness (QED) is 0.877. The fourth-order valence-electron chi connectivity index (χ4n) is 1.45. The van der Waals surface area contributed by atoms with E-state index in [1.807, 2.05) is 0 Å². The molecule has 0 aliphatic rings. The average Bonchev–Trinajstić information content (AvgIpc) is 2.86. The van der Waals surface area contributed by atoms with E-state index in [0.29, 0.717) is 11.7 Å². The third-order valence-electron chi connectivity index (χ3n) is 2.51. The monoisotopic (exact) mass is 260 g/mol. The number of hydrogen-bond acceptors (Lipinski definition) is 5. The maximum atomic E-state index is 11.9. The van der Waals surface area contributed by atoms with Crippen molar-refractivity contribution in [3.05, 3.63) is 30.5 Å². The first-order chi connectivity index (χ1) is 9.15.